The van der Waals surface area contributed by atoms with Crippen LogP contribution in [0.25, 0.3) is 0 Å². The highest BCUT2D eigenvalue weighted by Crippen LogP contribution is 2.33. The van der Waals surface area contributed by atoms with Crippen LogP contribution in [0.2, 0.25) is 0 Å². The minimum absolute atomic E-state index is 0.110. The van der Waals surface area contributed by atoms with Gasteiger partial charge in [0, 0.05) is 4.90 Å². The summed E-state index contributed by atoms with van der Waals surface area (Å²) in [6.07, 6.45) is 6.05. The molecule has 7 heteroatoms. The van der Waals surface area contributed by atoms with Crippen LogP contribution in [-0.4, -0.2) is 28.8 Å². The van der Waals surface area contributed by atoms with Crippen molar-refractivity contribution in [2.75, 3.05) is 11.9 Å². The molecular weight excluding hydrogens is 330 g/mol. The summed E-state index contributed by atoms with van der Waals surface area (Å²) in [6.45, 7) is 0.114. The Kier molecular flexibility index (Phi) is 6.01. The van der Waals surface area contributed by atoms with Crippen LogP contribution in [0.3, 0.4) is 0 Å². The standard InChI is InChI=1S/C16H19N3O2S2/c20-15(10-21-12-6-2-1-3-7-12)18-13-8-4-5-9-14(13)23-16-19-17-11-22-16/h4-5,8-9,11-12H,1-3,6-7,10H2,(H,18,20). The molecule has 1 N–H and O–H groups in total. The van der Waals surface area contributed by atoms with E-state index in [-0.39, 0.29) is 18.6 Å². The van der Waals surface area contributed by atoms with Crippen molar-refractivity contribution in [2.24, 2.45) is 0 Å². The van der Waals surface area contributed by atoms with Gasteiger partial charge in [0.05, 0.1) is 11.8 Å². The second kappa shape index (κ2) is 8.42. The molecule has 3 rings (SSSR count). The Morgan fingerprint density at radius 2 is 2.13 bits per heavy atom. The molecule has 1 heterocycles. The van der Waals surface area contributed by atoms with E-state index in [0.717, 1.165) is 27.8 Å². The van der Waals surface area contributed by atoms with Gasteiger partial charge in [0.2, 0.25) is 5.91 Å². The molecule has 0 spiro atoms. The number of hydrogen-bond acceptors (Lipinski definition) is 6. The number of benzene rings is 1. The molecule has 5 nitrogen and oxygen atoms in total. The van der Waals surface area contributed by atoms with E-state index in [1.54, 1.807) is 5.51 Å². The van der Waals surface area contributed by atoms with Crippen molar-refractivity contribution in [1.82, 2.24) is 10.2 Å². The molecule has 1 aliphatic rings. The number of para-hydroxylation sites is 1. The van der Waals surface area contributed by atoms with Gasteiger partial charge in [-0.05, 0) is 25.0 Å². The molecule has 1 aliphatic carbocycles. The van der Waals surface area contributed by atoms with E-state index in [1.165, 1.54) is 42.4 Å². The van der Waals surface area contributed by atoms with Crippen LogP contribution in [0.1, 0.15) is 32.1 Å². The van der Waals surface area contributed by atoms with Gasteiger partial charge in [-0.2, -0.15) is 0 Å². The summed E-state index contributed by atoms with van der Waals surface area (Å²) < 4.78 is 6.58. The van der Waals surface area contributed by atoms with Crippen LogP contribution in [0.4, 0.5) is 5.69 Å². The maximum Gasteiger partial charge on any atom is 0.250 e. The topological polar surface area (TPSA) is 64.1 Å². The number of ether oxygens (including phenoxy) is 1. The summed E-state index contributed by atoms with van der Waals surface area (Å²) in [4.78, 5) is 13.1. The first-order valence-electron chi connectivity index (χ1n) is 7.76. The predicted molar refractivity (Wildman–Crippen MR) is 91.9 cm³/mol. The van der Waals surface area contributed by atoms with Gasteiger partial charge in [-0.15, -0.1) is 10.2 Å². The van der Waals surface area contributed by atoms with Crippen LogP contribution >= 0.6 is 23.1 Å². The van der Waals surface area contributed by atoms with E-state index in [4.69, 9.17) is 4.74 Å². The first-order valence-corrected chi connectivity index (χ1v) is 9.45. The predicted octanol–water partition coefficient (Wildman–Crippen LogP) is 3.98. The summed E-state index contributed by atoms with van der Waals surface area (Å²) in [7, 11) is 0. The van der Waals surface area contributed by atoms with Crippen LogP contribution in [0, 0.1) is 0 Å². The number of anilines is 1. The van der Waals surface area contributed by atoms with E-state index in [2.05, 4.69) is 15.5 Å². The first kappa shape index (κ1) is 16.4. The molecule has 1 fully saturated rings. The molecule has 0 bridgehead atoms. The minimum Gasteiger partial charge on any atom is -0.368 e. The van der Waals surface area contributed by atoms with Gasteiger partial charge >= 0.3 is 0 Å². The third-order valence-corrected chi connectivity index (χ3v) is 5.55. The molecule has 0 atom stereocenters. The van der Waals surface area contributed by atoms with Crippen molar-refractivity contribution in [3.8, 4) is 0 Å². The molecule has 0 aliphatic heterocycles. The van der Waals surface area contributed by atoms with Crippen molar-refractivity contribution in [2.45, 2.75) is 47.4 Å². The fraction of sp³-hybridized carbons (Fsp3) is 0.438. The average molecular weight is 349 g/mol. The maximum absolute atomic E-state index is 12.1. The number of carbonyl (C=O) groups is 1. The van der Waals surface area contributed by atoms with Crippen LogP contribution in [-0.2, 0) is 9.53 Å². The lowest BCUT2D eigenvalue weighted by Crippen LogP contribution is -2.24. The Hall–Kier alpha value is -1.44. The fourth-order valence-electron chi connectivity index (χ4n) is 2.57. The highest BCUT2D eigenvalue weighted by Gasteiger charge is 2.16. The van der Waals surface area contributed by atoms with Crippen LogP contribution in [0.5, 0.6) is 0 Å². The Morgan fingerprint density at radius 3 is 2.91 bits per heavy atom. The van der Waals surface area contributed by atoms with Crippen molar-refractivity contribution >= 4 is 34.7 Å². The number of rotatable bonds is 6. The minimum atomic E-state index is -0.110. The monoisotopic (exact) mass is 349 g/mol. The highest BCUT2D eigenvalue weighted by atomic mass is 32.2. The Labute approximate surface area is 143 Å². The molecule has 1 aromatic heterocycles. The van der Waals surface area contributed by atoms with Gasteiger partial charge in [-0.3, -0.25) is 4.79 Å². The van der Waals surface area contributed by atoms with E-state index >= 15 is 0 Å². The lowest BCUT2D eigenvalue weighted by Gasteiger charge is -2.21. The number of nitrogens with zero attached hydrogens (tertiary/aromatic N) is 2. The number of amides is 1. The summed E-state index contributed by atoms with van der Waals surface area (Å²) in [5.74, 6) is -0.110. The Balaban J connectivity index is 1.55. The molecule has 122 valence electrons. The molecule has 1 aromatic carbocycles. The Bertz CT molecular complexity index is 628. The number of carbonyl (C=O) groups excluding carboxylic acids is 1. The van der Waals surface area contributed by atoms with E-state index in [9.17, 15) is 4.79 Å². The van der Waals surface area contributed by atoms with E-state index in [1.807, 2.05) is 24.3 Å². The maximum atomic E-state index is 12.1. The molecule has 23 heavy (non-hydrogen) atoms. The van der Waals surface area contributed by atoms with Gasteiger partial charge in [0.15, 0.2) is 4.34 Å². The zero-order chi connectivity index (χ0) is 15.9. The molecular formula is C16H19N3O2S2. The number of hydrogen-bond donors (Lipinski definition) is 1. The zero-order valence-corrected chi connectivity index (χ0v) is 14.4. The lowest BCUT2D eigenvalue weighted by atomic mass is 9.98. The fourth-order valence-corrected chi connectivity index (χ4v) is 4.09. The van der Waals surface area contributed by atoms with E-state index < -0.39 is 0 Å². The molecule has 2 aromatic rings. The molecule has 1 saturated carbocycles. The van der Waals surface area contributed by atoms with E-state index in [0.29, 0.717) is 0 Å². The SMILES string of the molecule is O=C(COC1CCCCC1)Nc1ccccc1Sc1nncs1. The molecule has 0 unspecified atom stereocenters. The summed E-state index contributed by atoms with van der Waals surface area (Å²) in [5.41, 5.74) is 2.48. The normalized spacial score (nSPS) is 15.5. The second-order valence-corrected chi connectivity index (χ2v) is 7.54. The zero-order valence-electron chi connectivity index (χ0n) is 12.7. The van der Waals surface area contributed by atoms with Gasteiger partial charge < -0.3 is 10.1 Å². The summed E-state index contributed by atoms with van der Waals surface area (Å²) in [6, 6.07) is 7.70. The van der Waals surface area contributed by atoms with Gasteiger partial charge in [0.25, 0.3) is 0 Å². The van der Waals surface area contributed by atoms with Crippen molar-refractivity contribution in [1.29, 1.82) is 0 Å². The molecule has 0 radical (unpaired) electrons. The quantitative estimate of drug-likeness (QED) is 0.854. The van der Waals surface area contributed by atoms with Crippen molar-refractivity contribution < 1.29 is 9.53 Å². The average Bonchev–Trinajstić information content (AvgIpc) is 3.09. The van der Waals surface area contributed by atoms with Gasteiger partial charge in [0.1, 0.15) is 12.1 Å². The smallest absolute Gasteiger partial charge is 0.250 e. The van der Waals surface area contributed by atoms with Gasteiger partial charge in [-0.25, -0.2) is 0 Å². The largest absolute Gasteiger partial charge is 0.368 e. The van der Waals surface area contributed by atoms with Gasteiger partial charge in [-0.1, -0.05) is 54.5 Å². The second-order valence-electron chi connectivity index (χ2n) is 5.42. The lowest BCUT2D eigenvalue weighted by molar-refractivity contribution is -0.123. The number of aromatic nitrogens is 2. The first-order chi connectivity index (χ1) is 11.3. The number of nitrogens with one attached hydrogen (secondary N) is 1. The highest BCUT2D eigenvalue weighted by molar-refractivity contribution is 8.01. The summed E-state index contributed by atoms with van der Waals surface area (Å²) in [5, 5.41) is 10.8. The summed E-state index contributed by atoms with van der Waals surface area (Å²) >= 11 is 2.98. The van der Waals surface area contributed by atoms with Crippen molar-refractivity contribution in [3.05, 3.63) is 29.8 Å². The Morgan fingerprint density at radius 1 is 1.30 bits per heavy atom. The molecule has 1 amide bonds. The third kappa shape index (κ3) is 5.02. The van der Waals surface area contributed by atoms with Crippen molar-refractivity contribution in [3.63, 3.8) is 0 Å². The third-order valence-electron chi connectivity index (χ3n) is 3.70. The van der Waals surface area contributed by atoms with Crippen LogP contribution in [0.15, 0.2) is 39.0 Å². The van der Waals surface area contributed by atoms with Crippen LogP contribution < -0.4 is 5.32 Å². The molecule has 0 saturated heterocycles.